The molecule has 4 nitrogen and oxygen atoms in total. The molecule has 0 aliphatic rings. The lowest BCUT2D eigenvalue weighted by atomic mass is 9.97. The summed E-state index contributed by atoms with van der Waals surface area (Å²) in [6, 6.07) is 10.3. The minimum atomic E-state index is 0.189. The second-order valence-electron chi connectivity index (χ2n) is 4.19. The van der Waals surface area contributed by atoms with E-state index < -0.39 is 0 Å². The van der Waals surface area contributed by atoms with E-state index in [9.17, 15) is 0 Å². The smallest absolute Gasteiger partial charge is 0.230 e. The maximum Gasteiger partial charge on any atom is 0.230 e. The van der Waals surface area contributed by atoms with E-state index in [2.05, 4.69) is 41.5 Å². The number of rotatable bonds is 6. The van der Waals surface area contributed by atoms with Crippen molar-refractivity contribution in [3.8, 4) is 0 Å². The molecule has 1 aromatic heterocycles. The van der Waals surface area contributed by atoms with Crippen molar-refractivity contribution < 1.29 is 4.42 Å². The summed E-state index contributed by atoms with van der Waals surface area (Å²) in [5.41, 5.74) is 1.22. The van der Waals surface area contributed by atoms with Crippen LogP contribution in [-0.4, -0.2) is 16.7 Å². The van der Waals surface area contributed by atoms with Gasteiger partial charge in [0.25, 0.3) is 0 Å². The van der Waals surface area contributed by atoms with E-state index in [0.717, 1.165) is 13.0 Å². The molecule has 4 heteroatoms. The molecule has 1 N–H and O–H groups in total. The van der Waals surface area contributed by atoms with Gasteiger partial charge in [0.05, 0.1) is 12.5 Å². The summed E-state index contributed by atoms with van der Waals surface area (Å²) in [7, 11) is 0. The number of benzene rings is 1. The molecule has 18 heavy (non-hydrogen) atoms. The lowest BCUT2D eigenvalue weighted by Gasteiger charge is -2.10. The van der Waals surface area contributed by atoms with Crippen LogP contribution in [0.2, 0.25) is 0 Å². The van der Waals surface area contributed by atoms with Crippen molar-refractivity contribution in [2.75, 3.05) is 6.54 Å². The second-order valence-corrected chi connectivity index (χ2v) is 4.19. The zero-order valence-electron chi connectivity index (χ0n) is 10.9. The molecule has 0 radical (unpaired) electrons. The maximum absolute atomic E-state index is 5.71. The van der Waals surface area contributed by atoms with Gasteiger partial charge in [0.15, 0.2) is 0 Å². The zero-order chi connectivity index (χ0) is 12.8. The first-order chi connectivity index (χ1) is 8.85. The highest BCUT2D eigenvalue weighted by Gasteiger charge is 2.18. The standard InChI is InChI=1S/C14H19N3O/c1-3-12(11-8-6-5-7-9-11)14-17-16-13(18-14)10-15-4-2/h5-9,12,15H,3-4,10H2,1-2H3. The van der Waals surface area contributed by atoms with Crippen LogP contribution in [-0.2, 0) is 6.54 Å². The van der Waals surface area contributed by atoms with Crippen LogP contribution in [0.3, 0.4) is 0 Å². The molecule has 1 aromatic carbocycles. The second kappa shape index (κ2) is 6.31. The van der Waals surface area contributed by atoms with Crippen molar-refractivity contribution in [2.45, 2.75) is 32.7 Å². The third-order valence-electron chi connectivity index (χ3n) is 2.92. The number of hydrogen-bond acceptors (Lipinski definition) is 4. The van der Waals surface area contributed by atoms with Gasteiger partial charge < -0.3 is 9.73 Å². The van der Waals surface area contributed by atoms with Gasteiger partial charge in [-0.3, -0.25) is 0 Å². The molecule has 0 bridgehead atoms. The fourth-order valence-corrected chi connectivity index (χ4v) is 1.95. The predicted octanol–water partition coefficient (Wildman–Crippen LogP) is 2.72. The SMILES string of the molecule is CCNCc1nnc(C(CC)c2ccccc2)o1. The topological polar surface area (TPSA) is 51.0 Å². The summed E-state index contributed by atoms with van der Waals surface area (Å²) in [6.45, 7) is 5.71. The fourth-order valence-electron chi connectivity index (χ4n) is 1.95. The molecule has 0 saturated heterocycles. The van der Waals surface area contributed by atoms with E-state index in [1.165, 1.54) is 5.56 Å². The first-order valence-corrected chi connectivity index (χ1v) is 6.43. The lowest BCUT2D eigenvalue weighted by molar-refractivity contribution is 0.416. The van der Waals surface area contributed by atoms with Crippen LogP contribution in [0.1, 0.15) is 43.5 Å². The molecule has 0 fully saturated rings. The van der Waals surface area contributed by atoms with Crippen molar-refractivity contribution in [1.29, 1.82) is 0 Å². The molecule has 1 heterocycles. The molecule has 96 valence electrons. The van der Waals surface area contributed by atoms with Crippen LogP contribution >= 0.6 is 0 Å². The van der Waals surface area contributed by atoms with Gasteiger partial charge in [-0.05, 0) is 18.5 Å². The summed E-state index contributed by atoms with van der Waals surface area (Å²) < 4.78 is 5.71. The molecule has 2 aromatic rings. The van der Waals surface area contributed by atoms with E-state index in [1.807, 2.05) is 18.2 Å². The lowest BCUT2D eigenvalue weighted by Crippen LogP contribution is -2.11. The van der Waals surface area contributed by atoms with Crippen LogP contribution in [0.25, 0.3) is 0 Å². The van der Waals surface area contributed by atoms with Gasteiger partial charge in [-0.2, -0.15) is 0 Å². The third-order valence-corrected chi connectivity index (χ3v) is 2.92. The van der Waals surface area contributed by atoms with Crippen LogP contribution in [0.4, 0.5) is 0 Å². The fraction of sp³-hybridized carbons (Fsp3) is 0.429. The molecular formula is C14H19N3O. The van der Waals surface area contributed by atoms with E-state index in [1.54, 1.807) is 0 Å². The number of nitrogens with one attached hydrogen (secondary N) is 1. The average molecular weight is 245 g/mol. The summed E-state index contributed by atoms with van der Waals surface area (Å²) in [5.74, 6) is 1.55. The summed E-state index contributed by atoms with van der Waals surface area (Å²) >= 11 is 0. The first kappa shape index (κ1) is 12.8. The average Bonchev–Trinajstić information content (AvgIpc) is 2.87. The van der Waals surface area contributed by atoms with Gasteiger partial charge in [-0.15, -0.1) is 10.2 Å². The van der Waals surface area contributed by atoms with Crippen molar-refractivity contribution in [1.82, 2.24) is 15.5 Å². The monoisotopic (exact) mass is 245 g/mol. The Labute approximate surface area is 107 Å². The van der Waals surface area contributed by atoms with Crippen molar-refractivity contribution in [2.24, 2.45) is 0 Å². The Hall–Kier alpha value is -1.68. The zero-order valence-corrected chi connectivity index (χ0v) is 10.9. The Morgan fingerprint density at radius 2 is 1.94 bits per heavy atom. The number of nitrogens with zero attached hydrogens (tertiary/aromatic N) is 2. The van der Waals surface area contributed by atoms with E-state index in [-0.39, 0.29) is 5.92 Å². The third kappa shape index (κ3) is 2.96. The normalized spacial score (nSPS) is 12.6. The maximum atomic E-state index is 5.71. The van der Waals surface area contributed by atoms with Crippen molar-refractivity contribution in [3.05, 3.63) is 47.7 Å². The molecule has 1 atom stereocenters. The highest BCUT2D eigenvalue weighted by molar-refractivity contribution is 5.24. The van der Waals surface area contributed by atoms with Gasteiger partial charge in [-0.25, -0.2) is 0 Å². The summed E-state index contributed by atoms with van der Waals surface area (Å²) in [6.07, 6.45) is 0.951. The predicted molar refractivity (Wildman–Crippen MR) is 70.3 cm³/mol. The molecule has 0 aliphatic carbocycles. The van der Waals surface area contributed by atoms with Gasteiger partial charge in [0.1, 0.15) is 0 Å². The Bertz CT molecular complexity index is 467. The Kier molecular flexibility index (Phi) is 4.47. The highest BCUT2D eigenvalue weighted by atomic mass is 16.4. The number of hydrogen-bond donors (Lipinski definition) is 1. The highest BCUT2D eigenvalue weighted by Crippen LogP contribution is 2.26. The number of aromatic nitrogens is 2. The largest absolute Gasteiger partial charge is 0.423 e. The van der Waals surface area contributed by atoms with E-state index in [0.29, 0.717) is 18.3 Å². The molecule has 2 rings (SSSR count). The van der Waals surface area contributed by atoms with E-state index in [4.69, 9.17) is 4.42 Å². The Morgan fingerprint density at radius 1 is 1.17 bits per heavy atom. The Morgan fingerprint density at radius 3 is 2.61 bits per heavy atom. The Balaban J connectivity index is 2.15. The van der Waals surface area contributed by atoms with Crippen molar-refractivity contribution >= 4 is 0 Å². The molecule has 0 saturated carbocycles. The quantitative estimate of drug-likeness (QED) is 0.850. The molecular weight excluding hydrogens is 226 g/mol. The molecule has 0 spiro atoms. The van der Waals surface area contributed by atoms with E-state index >= 15 is 0 Å². The van der Waals surface area contributed by atoms with Gasteiger partial charge in [0, 0.05) is 0 Å². The molecule has 1 unspecified atom stereocenters. The van der Waals surface area contributed by atoms with Gasteiger partial charge in [-0.1, -0.05) is 44.2 Å². The van der Waals surface area contributed by atoms with Crippen LogP contribution in [0.15, 0.2) is 34.7 Å². The summed E-state index contributed by atoms with van der Waals surface area (Å²) in [5, 5.41) is 11.4. The van der Waals surface area contributed by atoms with Gasteiger partial charge >= 0.3 is 0 Å². The van der Waals surface area contributed by atoms with Gasteiger partial charge in [0.2, 0.25) is 11.8 Å². The van der Waals surface area contributed by atoms with Crippen molar-refractivity contribution in [3.63, 3.8) is 0 Å². The first-order valence-electron chi connectivity index (χ1n) is 6.43. The minimum absolute atomic E-state index is 0.189. The molecule has 0 aliphatic heterocycles. The van der Waals surface area contributed by atoms with Crippen LogP contribution < -0.4 is 5.32 Å². The minimum Gasteiger partial charge on any atom is -0.423 e. The summed E-state index contributed by atoms with van der Waals surface area (Å²) in [4.78, 5) is 0. The molecule has 0 amide bonds. The van der Waals surface area contributed by atoms with Crippen LogP contribution in [0.5, 0.6) is 0 Å². The van der Waals surface area contributed by atoms with Crippen LogP contribution in [0, 0.1) is 0 Å².